The van der Waals surface area contributed by atoms with Gasteiger partial charge in [-0.1, -0.05) is 20.8 Å². The molecule has 0 rings (SSSR count). The number of carbonyl (C=O) groups excluding carboxylic acids is 2. The van der Waals surface area contributed by atoms with Crippen molar-refractivity contribution in [2.45, 2.75) is 33.6 Å². The third-order valence-electron chi connectivity index (χ3n) is 2.70. The third kappa shape index (κ3) is 9.18. The fourth-order valence-corrected chi connectivity index (χ4v) is 1.38. The quantitative estimate of drug-likeness (QED) is 0.497. The van der Waals surface area contributed by atoms with E-state index in [2.05, 4.69) is 16.0 Å². The fourth-order valence-electron chi connectivity index (χ4n) is 1.38. The minimum atomic E-state index is -0.930. The van der Waals surface area contributed by atoms with Crippen LogP contribution < -0.4 is 16.0 Å². The topological polar surface area (TPSA) is 108 Å². The summed E-state index contributed by atoms with van der Waals surface area (Å²) in [4.78, 5) is 33.5. The van der Waals surface area contributed by atoms with E-state index in [4.69, 9.17) is 5.11 Å². The summed E-state index contributed by atoms with van der Waals surface area (Å²) in [6.07, 6.45) is 0.656. The lowest BCUT2D eigenvalue weighted by Gasteiger charge is -2.12. The molecule has 0 aliphatic rings. The maximum atomic E-state index is 11.4. The van der Waals surface area contributed by atoms with E-state index in [-0.39, 0.29) is 25.4 Å². The van der Waals surface area contributed by atoms with Crippen molar-refractivity contribution in [3.8, 4) is 0 Å². The molecule has 0 aliphatic carbocycles. The Bertz CT molecular complexity index is 332. The highest BCUT2D eigenvalue weighted by Gasteiger charge is 2.15. The normalized spacial score (nSPS) is 11.8. The monoisotopic (exact) mass is 287 g/mol. The number of hydrogen-bond donors (Lipinski definition) is 4. The molecule has 0 saturated carbocycles. The predicted molar refractivity (Wildman–Crippen MR) is 75.3 cm³/mol. The van der Waals surface area contributed by atoms with Gasteiger partial charge < -0.3 is 21.1 Å². The lowest BCUT2D eigenvalue weighted by Crippen LogP contribution is -2.41. The van der Waals surface area contributed by atoms with Crippen molar-refractivity contribution in [2.24, 2.45) is 11.8 Å². The van der Waals surface area contributed by atoms with Crippen molar-refractivity contribution < 1.29 is 19.5 Å². The van der Waals surface area contributed by atoms with E-state index in [1.165, 1.54) is 0 Å². The zero-order valence-electron chi connectivity index (χ0n) is 12.4. The lowest BCUT2D eigenvalue weighted by atomic mass is 10.1. The van der Waals surface area contributed by atoms with Crippen molar-refractivity contribution in [3.63, 3.8) is 0 Å². The van der Waals surface area contributed by atoms with Crippen molar-refractivity contribution in [2.75, 3.05) is 19.6 Å². The maximum absolute atomic E-state index is 11.4. The second kappa shape index (κ2) is 10.1. The van der Waals surface area contributed by atoms with Crippen LogP contribution in [-0.4, -0.2) is 42.6 Å². The number of urea groups is 1. The first-order chi connectivity index (χ1) is 9.36. The van der Waals surface area contributed by atoms with Crippen LogP contribution in [0.2, 0.25) is 0 Å². The number of carbonyl (C=O) groups is 3. The summed E-state index contributed by atoms with van der Waals surface area (Å²) < 4.78 is 0. The van der Waals surface area contributed by atoms with Gasteiger partial charge in [-0.15, -0.1) is 0 Å². The molecule has 7 nitrogen and oxygen atoms in total. The number of amides is 3. The number of rotatable bonds is 9. The molecule has 0 fully saturated rings. The minimum Gasteiger partial charge on any atom is -0.481 e. The number of aliphatic carboxylic acids is 1. The van der Waals surface area contributed by atoms with Gasteiger partial charge in [-0.3, -0.25) is 9.59 Å². The standard InChI is InChI=1S/C13H25N3O4/c1-4-10(12(18)19)8-16-13(20)14-6-5-11(17)15-7-9(2)3/h9-10H,4-8H2,1-3H3,(H,15,17)(H,18,19)(H2,14,16,20). The van der Waals surface area contributed by atoms with E-state index in [0.29, 0.717) is 18.9 Å². The van der Waals surface area contributed by atoms with Crippen LogP contribution in [0.1, 0.15) is 33.6 Å². The van der Waals surface area contributed by atoms with Gasteiger partial charge in [-0.2, -0.15) is 0 Å². The molecule has 0 aromatic heterocycles. The van der Waals surface area contributed by atoms with Gasteiger partial charge in [0.1, 0.15) is 0 Å². The highest BCUT2D eigenvalue weighted by molar-refractivity contribution is 5.78. The minimum absolute atomic E-state index is 0.0806. The number of hydrogen-bond acceptors (Lipinski definition) is 3. The summed E-state index contributed by atoms with van der Waals surface area (Å²) in [5.41, 5.74) is 0. The molecule has 116 valence electrons. The van der Waals surface area contributed by atoms with Gasteiger partial charge in [0.05, 0.1) is 5.92 Å². The molecule has 0 saturated heterocycles. The van der Waals surface area contributed by atoms with Crippen molar-refractivity contribution in [3.05, 3.63) is 0 Å². The van der Waals surface area contributed by atoms with Crippen LogP contribution in [0.5, 0.6) is 0 Å². The van der Waals surface area contributed by atoms with E-state index in [1.807, 2.05) is 13.8 Å². The van der Waals surface area contributed by atoms with Crippen LogP contribution in [-0.2, 0) is 9.59 Å². The smallest absolute Gasteiger partial charge is 0.314 e. The zero-order valence-corrected chi connectivity index (χ0v) is 12.4. The molecular formula is C13H25N3O4. The average molecular weight is 287 g/mol. The number of nitrogens with one attached hydrogen (secondary N) is 3. The third-order valence-corrected chi connectivity index (χ3v) is 2.70. The first-order valence-electron chi connectivity index (χ1n) is 6.88. The molecule has 4 N–H and O–H groups in total. The largest absolute Gasteiger partial charge is 0.481 e. The highest BCUT2D eigenvalue weighted by Crippen LogP contribution is 1.99. The van der Waals surface area contributed by atoms with E-state index < -0.39 is 17.9 Å². The second-order valence-electron chi connectivity index (χ2n) is 5.03. The summed E-state index contributed by atoms with van der Waals surface area (Å²) >= 11 is 0. The molecule has 0 aliphatic heterocycles. The van der Waals surface area contributed by atoms with E-state index in [9.17, 15) is 14.4 Å². The summed E-state index contributed by atoms with van der Waals surface area (Å²) in [5, 5.41) is 16.5. The van der Waals surface area contributed by atoms with E-state index >= 15 is 0 Å². The van der Waals surface area contributed by atoms with E-state index in [0.717, 1.165) is 0 Å². The zero-order chi connectivity index (χ0) is 15.5. The lowest BCUT2D eigenvalue weighted by molar-refractivity contribution is -0.141. The highest BCUT2D eigenvalue weighted by atomic mass is 16.4. The SMILES string of the molecule is CCC(CNC(=O)NCCC(=O)NCC(C)C)C(=O)O. The Balaban J connectivity index is 3.73. The predicted octanol–water partition coefficient (Wildman–Crippen LogP) is 0.559. The molecule has 1 unspecified atom stereocenters. The Morgan fingerprint density at radius 2 is 1.70 bits per heavy atom. The molecule has 1 atom stereocenters. The van der Waals surface area contributed by atoms with Gasteiger partial charge in [0.2, 0.25) is 5.91 Å². The van der Waals surface area contributed by atoms with Gasteiger partial charge in [0, 0.05) is 26.1 Å². The molecule has 7 heteroatoms. The Hall–Kier alpha value is -1.79. The summed E-state index contributed by atoms with van der Waals surface area (Å²) in [7, 11) is 0. The van der Waals surface area contributed by atoms with Crippen LogP contribution in [0, 0.1) is 11.8 Å². The molecule has 0 heterocycles. The Kier molecular flexibility index (Phi) is 9.15. The second-order valence-corrected chi connectivity index (χ2v) is 5.03. The first-order valence-corrected chi connectivity index (χ1v) is 6.88. The van der Waals surface area contributed by atoms with Crippen LogP contribution >= 0.6 is 0 Å². The molecule has 3 amide bonds. The molecule has 0 aromatic rings. The fraction of sp³-hybridized carbons (Fsp3) is 0.769. The van der Waals surface area contributed by atoms with Gasteiger partial charge >= 0.3 is 12.0 Å². The Morgan fingerprint density at radius 3 is 2.20 bits per heavy atom. The van der Waals surface area contributed by atoms with Crippen LogP contribution in [0.15, 0.2) is 0 Å². The molecular weight excluding hydrogens is 262 g/mol. The van der Waals surface area contributed by atoms with Crippen LogP contribution in [0.25, 0.3) is 0 Å². The summed E-state index contributed by atoms with van der Waals surface area (Å²) in [6, 6.07) is -0.457. The van der Waals surface area contributed by atoms with Crippen LogP contribution in [0.3, 0.4) is 0 Å². The molecule has 0 spiro atoms. The summed E-state index contributed by atoms with van der Waals surface area (Å²) in [6.45, 7) is 6.66. The van der Waals surface area contributed by atoms with Gasteiger partial charge in [0.25, 0.3) is 0 Å². The van der Waals surface area contributed by atoms with Gasteiger partial charge in [-0.05, 0) is 12.3 Å². The van der Waals surface area contributed by atoms with Crippen LogP contribution in [0.4, 0.5) is 4.79 Å². The average Bonchev–Trinajstić information content (AvgIpc) is 2.36. The van der Waals surface area contributed by atoms with Crippen molar-refractivity contribution >= 4 is 17.9 Å². The molecule has 0 radical (unpaired) electrons. The van der Waals surface area contributed by atoms with Crippen molar-refractivity contribution in [1.82, 2.24) is 16.0 Å². The van der Waals surface area contributed by atoms with Gasteiger partial charge in [-0.25, -0.2) is 4.79 Å². The molecule has 0 bridgehead atoms. The Labute approximate surface area is 119 Å². The molecule has 20 heavy (non-hydrogen) atoms. The van der Waals surface area contributed by atoms with Crippen molar-refractivity contribution in [1.29, 1.82) is 0 Å². The maximum Gasteiger partial charge on any atom is 0.314 e. The Morgan fingerprint density at radius 1 is 1.05 bits per heavy atom. The van der Waals surface area contributed by atoms with E-state index in [1.54, 1.807) is 6.92 Å². The first kappa shape index (κ1) is 18.2. The number of carboxylic acids is 1. The van der Waals surface area contributed by atoms with Gasteiger partial charge in [0.15, 0.2) is 0 Å². The molecule has 0 aromatic carbocycles. The number of carboxylic acid groups (broad SMARTS) is 1. The summed E-state index contributed by atoms with van der Waals surface area (Å²) in [5.74, 6) is -1.25.